The summed E-state index contributed by atoms with van der Waals surface area (Å²) in [4.78, 5) is 11.4. The van der Waals surface area contributed by atoms with Crippen molar-refractivity contribution in [3.05, 3.63) is 18.2 Å². The Labute approximate surface area is 105 Å². The first-order valence-corrected chi connectivity index (χ1v) is 5.59. The maximum absolute atomic E-state index is 11.4. The lowest BCUT2D eigenvalue weighted by atomic mass is 10.3. The average molecular weight is 247 g/mol. The summed E-state index contributed by atoms with van der Waals surface area (Å²) in [5, 5.41) is 2.41. The van der Waals surface area contributed by atoms with Crippen LogP contribution in [0.4, 0.5) is 4.79 Å². The largest absolute Gasteiger partial charge is 0.489 e. The molecule has 0 unspecified atom stereocenters. The number of nitrogens with one attached hydrogen (secondary N) is 1. The van der Waals surface area contributed by atoms with Gasteiger partial charge < -0.3 is 19.5 Å². The SMILES string of the molecule is C#CCNC(=O)Oc1cccc2c1OCCCO2. The molecule has 5 heteroatoms. The standard InChI is InChI=1S/C13H13NO4/c1-2-7-14-13(15)18-11-6-3-5-10-12(11)17-9-4-8-16-10/h1,3,5-6H,4,7-9H2,(H,14,15). The van der Waals surface area contributed by atoms with Crippen molar-refractivity contribution in [3.63, 3.8) is 0 Å². The monoisotopic (exact) mass is 247 g/mol. The van der Waals surface area contributed by atoms with Crippen LogP contribution < -0.4 is 19.5 Å². The molecule has 0 radical (unpaired) electrons. The lowest BCUT2D eigenvalue weighted by Gasteiger charge is -2.12. The third kappa shape index (κ3) is 2.86. The number of ether oxygens (including phenoxy) is 3. The number of carbonyl (C=O) groups is 1. The highest BCUT2D eigenvalue weighted by molar-refractivity contribution is 5.72. The van der Waals surface area contributed by atoms with Crippen molar-refractivity contribution < 1.29 is 19.0 Å². The minimum Gasteiger partial charge on any atom is -0.489 e. The van der Waals surface area contributed by atoms with Gasteiger partial charge in [-0.25, -0.2) is 4.79 Å². The van der Waals surface area contributed by atoms with Crippen molar-refractivity contribution in [2.24, 2.45) is 0 Å². The normalized spacial score (nSPS) is 13.1. The molecule has 0 aliphatic carbocycles. The molecule has 0 saturated heterocycles. The maximum Gasteiger partial charge on any atom is 0.413 e. The molecular weight excluding hydrogens is 234 g/mol. The zero-order valence-corrected chi connectivity index (χ0v) is 9.77. The van der Waals surface area contributed by atoms with Gasteiger partial charge in [-0.3, -0.25) is 0 Å². The average Bonchev–Trinajstić information content (AvgIpc) is 2.62. The fourth-order valence-corrected chi connectivity index (χ4v) is 1.51. The lowest BCUT2D eigenvalue weighted by molar-refractivity contribution is 0.198. The highest BCUT2D eigenvalue weighted by Gasteiger charge is 2.17. The molecule has 1 aliphatic rings. The Morgan fingerprint density at radius 1 is 1.44 bits per heavy atom. The van der Waals surface area contributed by atoms with Crippen LogP contribution >= 0.6 is 0 Å². The number of amides is 1. The van der Waals surface area contributed by atoms with Gasteiger partial charge in [0.25, 0.3) is 0 Å². The van der Waals surface area contributed by atoms with Gasteiger partial charge in [-0.1, -0.05) is 12.0 Å². The van der Waals surface area contributed by atoms with Crippen LogP contribution in [0.3, 0.4) is 0 Å². The maximum atomic E-state index is 11.4. The van der Waals surface area contributed by atoms with Gasteiger partial charge in [0.05, 0.1) is 19.8 Å². The minimum atomic E-state index is -0.616. The summed E-state index contributed by atoms with van der Waals surface area (Å²) in [6, 6.07) is 5.15. The van der Waals surface area contributed by atoms with Crippen molar-refractivity contribution in [3.8, 4) is 29.6 Å². The molecule has 18 heavy (non-hydrogen) atoms. The molecular formula is C13H13NO4. The first-order chi connectivity index (χ1) is 8.81. The zero-order valence-electron chi connectivity index (χ0n) is 9.77. The van der Waals surface area contributed by atoms with E-state index < -0.39 is 6.09 Å². The van der Waals surface area contributed by atoms with Crippen molar-refractivity contribution in [2.45, 2.75) is 6.42 Å². The molecule has 0 bridgehead atoms. The van der Waals surface area contributed by atoms with Gasteiger partial charge in [0.1, 0.15) is 0 Å². The van der Waals surface area contributed by atoms with E-state index in [2.05, 4.69) is 11.2 Å². The van der Waals surface area contributed by atoms with E-state index in [1.807, 2.05) is 0 Å². The number of hydrogen-bond donors (Lipinski definition) is 1. The lowest BCUT2D eigenvalue weighted by Crippen LogP contribution is -2.27. The van der Waals surface area contributed by atoms with Crippen LogP contribution in [0.15, 0.2) is 18.2 Å². The first-order valence-electron chi connectivity index (χ1n) is 5.59. The minimum absolute atomic E-state index is 0.116. The molecule has 1 heterocycles. The topological polar surface area (TPSA) is 56.8 Å². The Morgan fingerprint density at radius 3 is 3.11 bits per heavy atom. The van der Waals surface area contributed by atoms with Crippen molar-refractivity contribution >= 4 is 6.09 Å². The summed E-state index contributed by atoms with van der Waals surface area (Å²) in [6.45, 7) is 1.23. The molecule has 0 spiro atoms. The van der Waals surface area contributed by atoms with E-state index >= 15 is 0 Å². The van der Waals surface area contributed by atoms with E-state index in [1.165, 1.54) is 0 Å². The Hall–Kier alpha value is -2.35. The summed E-state index contributed by atoms with van der Waals surface area (Å²) < 4.78 is 16.1. The highest BCUT2D eigenvalue weighted by atomic mass is 16.6. The molecule has 1 aliphatic heterocycles. The molecule has 0 fully saturated rings. The Bertz CT molecular complexity index is 478. The smallest absolute Gasteiger partial charge is 0.413 e. The van der Waals surface area contributed by atoms with Crippen LogP contribution in [0.25, 0.3) is 0 Å². The second-order valence-electron chi connectivity index (χ2n) is 3.58. The predicted octanol–water partition coefficient (Wildman–Crippen LogP) is 1.57. The molecule has 1 N–H and O–H groups in total. The number of para-hydroxylation sites is 1. The Kier molecular flexibility index (Phi) is 3.92. The van der Waals surface area contributed by atoms with E-state index in [0.717, 1.165) is 6.42 Å². The van der Waals surface area contributed by atoms with Gasteiger partial charge in [0, 0.05) is 6.42 Å². The molecule has 1 amide bonds. The predicted molar refractivity (Wildman–Crippen MR) is 64.9 cm³/mol. The Balaban J connectivity index is 2.13. The zero-order chi connectivity index (χ0) is 12.8. The number of rotatable bonds is 2. The highest BCUT2D eigenvalue weighted by Crippen LogP contribution is 2.38. The van der Waals surface area contributed by atoms with E-state index in [0.29, 0.717) is 30.5 Å². The van der Waals surface area contributed by atoms with E-state index in [4.69, 9.17) is 20.6 Å². The van der Waals surface area contributed by atoms with Gasteiger partial charge in [0.2, 0.25) is 5.75 Å². The number of fused-ring (bicyclic) bond motifs is 1. The molecule has 5 nitrogen and oxygen atoms in total. The number of carbonyl (C=O) groups excluding carboxylic acids is 1. The Morgan fingerprint density at radius 2 is 2.28 bits per heavy atom. The van der Waals surface area contributed by atoms with Gasteiger partial charge >= 0.3 is 6.09 Å². The van der Waals surface area contributed by atoms with Gasteiger partial charge in [-0.2, -0.15) is 0 Å². The van der Waals surface area contributed by atoms with E-state index in [-0.39, 0.29) is 6.54 Å². The molecule has 0 saturated carbocycles. The second-order valence-corrected chi connectivity index (χ2v) is 3.58. The molecule has 94 valence electrons. The van der Waals surface area contributed by atoms with Crippen LogP contribution in [0.2, 0.25) is 0 Å². The molecule has 0 atom stereocenters. The van der Waals surface area contributed by atoms with Gasteiger partial charge in [-0.05, 0) is 12.1 Å². The molecule has 1 aromatic rings. The van der Waals surface area contributed by atoms with Crippen molar-refractivity contribution in [1.29, 1.82) is 0 Å². The fourth-order valence-electron chi connectivity index (χ4n) is 1.51. The van der Waals surface area contributed by atoms with E-state index in [1.54, 1.807) is 18.2 Å². The van der Waals surface area contributed by atoms with E-state index in [9.17, 15) is 4.79 Å². The molecule has 0 aromatic heterocycles. The second kappa shape index (κ2) is 5.82. The molecule has 2 rings (SSSR count). The number of hydrogen-bond acceptors (Lipinski definition) is 4. The first kappa shape index (κ1) is 12.1. The number of benzene rings is 1. The van der Waals surface area contributed by atoms with Gasteiger partial charge in [0.15, 0.2) is 11.5 Å². The summed E-state index contributed by atoms with van der Waals surface area (Å²) in [5.41, 5.74) is 0. The third-order valence-corrected chi connectivity index (χ3v) is 2.27. The van der Waals surface area contributed by atoms with Crippen molar-refractivity contribution in [2.75, 3.05) is 19.8 Å². The summed E-state index contributed by atoms with van der Waals surface area (Å²) in [7, 11) is 0. The van der Waals surface area contributed by atoms with Crippen molar-refractivity contribution in [1.82, 2.24) is 5.32 Å². The van der Waals surface area contributed by atoms with Crippen LogP contribution in [-0.4, -0.2) is 25.9 Å². The summed E-state index contributed by atoms with van der Waals surface area (Å²) >= 11 is 0. The van der Waals surface area contributed by atoms with Crippen LogP contribution in [-0.2, 0) is 0 Å². The molecule has 1 aromatic carbocycles. The number of terminal acetylenes is 1. The third-order valence-electron chi connectivity index (χ3n) is 2.27. The van der Waals surface area contributed by atoms with Gasteiger partial charge in [-0.15, -0.1) is 6.42 Å². The van der Waals surface area contributed by atoms with Crippen LogP contribution in [0, 0.1) is 12.3 Å². The fraction of sp³-hybridized carbons (Fsp3) is 0.308. The van der Waals surface area contributed by atoms with Crippen LogP contribution in [0.1, 0.15) is 6.42 Å². The summed E-state index contributed by atoms with van der Waals surface area (Å²) in [6.07, 6.45) is 5.21. The van der Waals surface area contributed by atoms with Crippen LogP contribution in [0.5, 0.6) is 17.2 Å². The summed E-state index contributed by atoms with van der Waals surface area (Å²) in [5.74, 6) is 3.64. The quantitative estimate of drug-likeness (QED) is 0.806.